The number of thiazole rings is 1. The lowest BCUT2D eigenvalue weighted by Gasteiger charge is -2.25. The number of rotatable bonds is 5. The first kappa shape index (κ1) is 16.9. The number of carbonyl (C=O) groups excluding carboxylic acids is 1. The van der Waals surface area contributed by atoms with Gasteiger partial charge in [-0.05, 0) is 32.6 Å². The second kappa shape index (κ2) is 7.29. The fourth-order valence-electron chi connectivity index (χ4n) is 2.75. The van der Waals surface area contributed by atoms with Crippen molar-refractivity contribution in [3.05, 3.63) is 16.7 Å². The number of aromatic nitrogens is 3. The van der Waals surface area contributed by atoms with Gasteiger partial charge in [0.05, 0.1) is 0 Å². The molecule has 1 atom stereocenters. The lowest BCUT2D eigenvalue weighted by molar-refractivity contribution is -0.122. The van der Waals surface area contributed by atoms with Crippen LogP contribution in [0.2, 0.25) is 0 Å². The largest absolute Gasteiger partial charge is 0.352 e. The fourth-order valence-corrected chi connectivity index (χ4v) is 3.77. The summed E-state index contributed by atoms with van der Waals surface area (Å²) in [5.74, 6) is -0.173. The number of amides is 1. The minimum absolute atomic E-state index is 0.0109. The van der Waals surface area contributed by atoms with Crippen LogP contribution in [-0.2, 0) is 11.3 Å². The van der Waals surface area contributed by atoms with Crippen LogP contribution in [-0.4, -0.2) is 39.6 Å². The van der Waals surface area contributed by atoms with Crippen LogP contribution in [0.5, 0.6) is 0 Å². The monoisotopic (exact) mass is 349 g/mol. The van der Waals surface area contributed by atoms with Crippen molar-refractivity contribution in [2.24, 2.45) is 0 Å². The number of fused-ring (bicyclic) bond motifs is 1. The summed E-state index contributed by atoms with van der Waals surface area (Å²) in [6.45, 7) is 5.89. The molecule has 8 heteroatoms. The second-order valence-electron chi connectivity index (χ2n) is 6.25. The third-order valence-electron chi connectivity index (χ3n) is 4.33. The van der Waals surface area contributed by atoms with Gasteiger partial charge in [0, 0.05) is 19.1 Å². The predicted molar refractivity (Wildman–Crippen MR) is 95.6 cm³/mol. The van der Waals surface area contributed by atoms with Gasteiger partial charge in [0.2, 0.25) is 5.91 Å². The SMILES string of the molecule is CC[C@@H](C)NC(=O)Cn1cnc2nc(N3CCCCC3)sc2c1=O. The van der Waals surface area contributed by atoms with Gasteiger partial charge >= 0.3 is 0 Å². The number of hydrogen-bond donors (Lipinski definition) is 1. The average molecular weight is 349 g/mol. The van der Waals surface area contributed by atoms with Gasteiger partial charge in [0.15, 0.2) is 10.8 Å². The Hall–Kier alpha value is -1.96. The van der Waals surface area contributed by atoms with Gasteiger partial charge in [0.1, 0.15) is 17.6 Å². The Bertz CT molecular complexity index is 778. The zero-order valence-corrected chi connectivity index (χ0v) is 14.9. The zero-order valence-electron chi connectivity index (χ0n) is 14.1. The first-order valence-corrected chi connectivity index (χ1v) is 9.30. The molecule has 0 aliphatic carbocycles. The summed E-state index contributed by atoms with van der Waals surface area (Å²) in [7, 11) is 0. The number of hydrogen-bond acceptors (Lipinski definition) is 6. The molecule has 1 N–H and O–H groups in total. The van der Waals surface area contributed by atoms with Crippen molar-refractivity contribution in [2.45, 2.75) is 52.1 Å². The van der Waals surface area contributed by atoms with Gasteiger partial charge in [-0.15, -0.1) is 0 Å². The highest BCUT2D eigenvalue weighted by molar-refractivity contribution is 7.22. The van der Waals surface area contributed by atoms with Crippen molar-refractivity contribution in [2.75, 3.05) is 18.0 Å². The van der Waals surface area contributed by atoms with Crippen molar-refractivity contribution in [1.82, 2.24) is 19.9 Å². The maximum absolute atomic E-state index is 12.6. The van der Waals surface area contributed by atoms with Crippen LogP contribution in [0.4, 0.5) is 5.13 Å². The Morgan fingerprint density at radius 2 is 2.12 bits per heavy atom. The summed E-state index contributed by atoms with van der Waals surface area (Å²) in [6.07, 6.45) is 5.83. The van der Waals surface area contributed by atoms with Crippen LogP contribution < -0.4 is 15.8 Å². The molecule has 2 aromatic rings. The Kier molecular flexibility index (Phi) is 5.13. The molecule has 130 valence electrons. The number of nitrogens with zero attached hydrogens (tertiary/aromatic N) is 4. The van der Waals surface area contributed by atoms with Gasteiger partial charge in [-0.1, -0.05) is 18.3 Å². The van der Waals surface area contributed by atoms with Crippen LogP contribution in [0, 0.1) is 0 Å². The Labute approximate surface area is 144 Å². The molecule has 7 nitrogen and oxygen atoms in total. The molecule has 0 spiro atoms. The first-order valence-electron chi connectivity index (χ1n) is 8.48. The molecular formula is C16H23N5O2S. The molecule has 0 bridgehead atoms. The highest BCUT2D eigenvalue weighted by Crippen LogP contribution is 2.27. The van der Waals surface area contributed by atoms with Crippen LogP contribution >= 0.6 is 11.3 Å². The molecular weight excluding hydrogens is 326 g/mol. The molecule has 1 fully saturated rings. The number of nitrogens with one attached hydrogen (secondary N) is 1. The molecule has 2 aromatic heterocycles. The van der Waals surface area contributed by atoms with E-state index in [1.807, 2.05) is 13.8 Å². The van der Waals surface area contributed by atoms with Crippen molar-refractivity contribution in [3.8, 4) is 0 Å². The lowest BCUT2D eigenvalue weighted by Crippen LogP contribution is -2.37. The van der Waals surface area contributed by atoms with E-state index in [1.165, 1.54) is 28.7 Å². The smallest absolute Gasteiger partial charge is 0.273 e. The summed E-state index contributed by atoms with van der Waals surface area (Å²) in [4.78, 5) is 35.6. The summed E-state index contributed by atoms with van der Waals surface area (Å²) in [6, 6.07) is 0.0963. The van der Waals surface area contributed by atoms with Gasteiger partial charge in [-0.2, -0.15) is 4.98 Å². The fraction of sp³-hybridized carbons (Fsp3) is 0.625. The average Bonchev–Trinajstić information content (AvgIpc) is 3.03. The van der Waals surface area contributed by atoms with Crippen LogP contribution in [0.3, 0.4) is 0 Å². The Morgan fingerprint density at radius 1 is 1.38 bits per heavy atom. The third kappa shape index (κ3) is 3.58. The van der Waals surface area contributed by atoms with E-state index in [0.29, 0.717) is 10.3 Å². The van der Waals surface area contributed by atoms with Gasteiger partial charge < -0.3 is 10.2 Å². The van der Waals surface area contributed by atoms with E-state index in [1.54, 1.807) is 0 Å². The van der Waals surface area contributed by atoms with Gasteiger partial charge in [0.25, 0.3) is 5.56 Å². The maximum atomic E-state index is 12.6. The first-order chi connectivity index (χ1) is 11.6. The molecule has 3 heterocycles. The van der Waals surface area contributed by atoms with E-state index in [0.717, 1.165) is 37.5 Å². The van der Waals surface area contributed by atoms with E-state index in [-0.39, 0.29) is 24.1 Å². The highest BCUT2D eigenvalue weighted by atomic mass is 32.1. The minimum atomic E-state index is -0.194. The number of carbonyl (C=O) groups is 1. The summed E-state index contributed by atoms with van der Waals surface area (Å²) in [5.41, 5.74) is 0.282. The molecule has 3 rings (SSSR count). The standard InChI is InChI=1S/C16H23N5O2S/c1-3-11(2)18-12(22)9-21-10-17-14-13(15(21)23)24-16(19-14)20-7-5-4-6-8-20/h10-11H,3-9H2,1-2H3,(H,18,22)/t11-/m1/s1. The van der Waals surface area contributed by atoms with Crippen molar-refractivity contribution >= 4 is 32.7 Å². The van der Waals surface area contributed by atoms with E-state index in [2.05, 4.69) is 20.2 Å². The summed E-state index contributed by atoms with van der Waals surface area (Å²) in [5, 5.41) is 3.72. The van der Waals surface area contributed by atoms with E-state index in [9.17, 15) is 9.59 Å². The van der Waals surface area contributed by atoms with E-state index < -0.39 is 0 Å². The molecule has 1 amide bonds. The predicted octanol–water partition coefficient (Wildman–Crippen LogP) is 1.76. The van der Waals surface area contributed by atoms with Gasteiger partial charge in [-0.25, -0.2) is 4.98 Å². The molecule has 24 heavy (non-hydrogen) atoms. The molecule has 0 saturated carbocycles. The highest BCUT2D eigenvalue weighted by Gasteiger charge is 2.18. The number of piperidine rings is 1. The Morgan fingerprint density at radius 3 is 2.83 bits per heavy atom. The molecule has 0 aromatic carbocycles. The van der Waals surface area contributed by atoms with E-state index >= 15 is 0 Å². The van der Waals surface area contributed by atoms with Crippen LogP contribution in [0.15, 0.2) is 11.1 Å². The zero-order chi connectivity index (χ0) is 17.1. The van der Waals surface area contributed by atoms with Crippen molar-refractivity contribution < 1.29 is 4.79 Å². The molecule has 0 unspecified atom stereocenters. The normalized spacial score (nSPS) is 16.3. The molecule has 1 aliphatic rings. The van der Waals surface area contributed by atoms with Crippen LogP contribution in [0.1, 0.15) is 39.5 Å². The van der Waals surface area contributed by atoms with Crippen molar-refractivity contribution in [1.29, 1.82) is 0 Å². The van der Waals surface area contributed by atoms with Gasteiger partial charge in [-0.3, -0.25) is 14.2 Å². The quantitative estimate of drug-likeness (QED) is 0.890. The van der Waals surface area contributed by atoms with Crippen LogP contribution in [0.25, 0.3) is 10.3 Å². The Balaban J connectivity index is 1.82. The van der Waals surface area contributed by atoms with Crippen molar-refractivity contribution in [3.63, 3.8) is 0 Å². The molecule has 0 radical (unpaired) electrons. The minimum Gasteiger partial charge on any atom is -0.352 e. The topological polar surface area (TPSA) is 80.1 Å². The van der Waals surface area contributed by atoms with E-state index in [4.69, 9.17) is 0 Å². The molecule has 1 aliphatic heterocycles. The second-order valence-corrected chi connectivity index (χ2v) is 7.23. The summed E-state index contributed by atoms with van der Waals surface area (Å²) < 4.78 is 1.88. The number of anilines is 1. The maximum Gasteiger partial charge on any atom is 0.273 e. The summed E-state index contributed by atoms with van der Waals surface area (Å²) >= 11 is 1.38. The molecule has 1 saturated heterocycles. The third-order valence-corrected chi connectivity index (χ3v) is 5.43. The lowest BCUT2D eigenvalue weighted by atomic mass is 10.1.